The third-order valence-electron chi connectivity index (χ3n) is 4.38. The number of fused-ring (bicyclic) bond motifs is 1. The molecule has 1 atom stereocenters. The van der Waals surface area contributed by atoms with Crippen LogP contribution in [0.1, 0.15) is 22.8 Å². The fourth-order valence-corrected chi connectivity index (χ4v) is 3.17. The lowest BCUT2D eigenvalue weighted by Crippen LogP contribution is -2.22. The molecule has 2 aromatic heterocycles. The summed E-state index contributed by atoms with van der Waals surface area (Å²) in [6.07, 6.45) is 6.07. The van der Waals surface area contributed by atoms with Gasteiger partial charge in [-0.2, -0.15) is 5.10 Å². The maximum Gasteiger partial charge on any atom is 0.251 e. The second-order valence-corrected chi connectivity index (χ2v) is 5.82. The summed E-state index contributed by atoms with van der Waals surface area (Å²) in [4.78, 5) is 18.1. The Bertz CT molecular complexity index is 867. The van der Waals surface area contributed by atoms with Gasteiger partial charge in [-0.15, -0.1) is 0 Å². The number of nitrogens with zero attached hydrogens (tertiary/aromatic N) is 4. The fraction of sp³-hybridized carbons (Fsp3) is 0.235. The normalized spacial score (nSPS) is 17.7. The van der Waals surface area contributed by atoms with Crippen LogP contribution in [-0.2, 0) is 0 Å². The Morgan fingerprint density at radius 3 is 2.96 bits per heavy atom. The van der Waals surface area contributed by atoms with Crippen molar-refractivity contribution in [3.05, 3.63) is 54.5 Å². The highest BCUT2D eigenvalue weighted by atomic mass is 16.1. The molecule has 0 aliphatic carbocycles. The zero-order valence-corrected chi connectivity index (χ0v) is 12.6. The molecular formula is C17H17N5O. The predicted molar refractivity (Wildman–Crippen MR) is 88.4 cm³/mol. The van der Waals surface area contributed by atoms with Gasteiger partial charge >= 0.3 is 0 Å². The van der Waals surface area contributed by atoms with Gasteiger partial charge in [-0.25, -0.2) is 4.98 Å². The molecule has 4 rings (SSSR count). The highest BCUT2D eigenvalue weighted by Crippen LogP contribution is 2.30. The van der Waals surface area contributed by atoms with E-state index in [4.69, 9.17) is 5.73 Å². The molecule has 1 aromatic carbocycles. The number of hydrogen-bond acceptors (Lipinski definition) is 4. The number of pyridine rings is 1. The van der Waals surface area contributed by atoms with Gasteiger partial charge < -0.3 is 10.6 Å². The van der Waals surface area contributed by atoms with Crippen molar-refractivity contribution in [3.63, 3.8) is 0 Å². The molecule has 0 bridgehead atoms. The Kier molecular flexibility index (Phi) is 3.22. The van der Waals surface area contributed by atoms with Crippen molar-refractivity contribution in [1.82, 2.24) is 14.8 Å². The molecule has 1 amide bonds. The van der Waals surface area contributed by atoms with Crippen LogP contribution in [0.3, 0.4) is 0 Å². The maximum atomic E-state index is 11.2. The maximum absolute atomic E-state index is 11.2. The summed E-state index contributed by atoms with van der Waals surface area (Å²) in [5.74, 6) is 0.565. The smallest absolute Gasteiger partial charge is 0.251 e. The average molecular weight is 307 g/mol. The molecule has 1 aliphatic heterocycles. The molecular weight excluding hydrogens is 290 g/mol. The SMILES string of the molecule is NC(=O)c1cnn(C2CCN(c3nccc4ccccc34)C2)c1. The number of primary amides is 1. The molecule has 6 heteroatoms. The zero-order valence-electron chi connectivity index (χ0n) is 12.6. The second kappa shape index (κ2) is 5.39. The van der Waals surface area contributed by atoms with Gasteiger partial charge in [-0.3, -0.25) is 9.48 Å². The van der Waals surface area contributed by atoms with E-state index >= 15 is 0 Å². The predicted octanol–water partition coefficient (Wildman–Crippen LogP) is 1.98. The number of anilines is 1. The topological polar surface area (TPSA) is 77.0 Å². The molecule has 0 spiro atoms. The molecule has 1 saturated heterocycles. The van der Waals surface area contributed by atoms with Crippen molar-refractivity contribution in [2.75, 3.05) is 18.0 Å². The number of benzene rings is 1. The van der Waals surface area contributed by atoms with Crippen LogP contribution in [0.4, 0.5) is 5.82 Å². The van der Waals surface area contributed by atoms with E-state index in [0.29, 0.717) is 5.56 Å². The molecule has 23 heavy (non-hydrogen) atoms. The van der Waals surface area contributed by atoms with Crippen molar-refractivity contribution >= 4 is 22.5 Å². The highest BCUT2D eigenvalue weighted by Gasteiger charge is 2.26. The number of carbonyl (C=O) groups is 1. The number of rotatable bonds is 3. The number of nitrogens with two attached hydrogens (primary N) is 1. The summed E-state index contributed by atoms with van der Waals surface area (Å²) in [6.45, 7) is 1.73. The van der Waals surface area contributed by atoms with Gasteiger partial charge in [0, 0.05) is 30.9 Å². The Morgan fingerprint density at radius 2 is 2.13 bits per heavy atom. The Balaban J connectivity index is 1.61. The summed E-state index contributed by atoms with van der Waals surface area (Å²) >= 11 is 0. The number of carbonyl (C=O) groups excluding carboxylic acids is 1. The third-order valence-corrected chi connectivity index (χ3v) is 4.38. The molecule has 6 nitrogen and oxygen atoms in total. The number of hydrogen-bond donors (Lipinski definition) is 1. The molecule has 2 N–H and O–H groups in total. The lowest BCUT2D eigenvalue weighted by Gasteiger charge is -2.19. The Hall–Kier alpha value is -2.89. The molecule has 3 aromatic rings. The van der Waals surface area contributed by atoms with Crippen LogP contribution in [0.25, 0.3) is 10.8 Å². The summed E-state index contributed by atoms with van der Waals surface area (Å²) in [6, 6.07) is 10.5. The molecule has 1 aliphatic rings. The van der Waals surface area contributed by atoms with E-state index in [1.165, 1.54) is 11.6 Å². The first kappa shape index (κ1) is 13.8. The molecule has 3 heterocycles. The molecule has 1 fully saturated rings. The molecule has 116 valence electrons. The van der Waals surface area contributed by atoms with Crippen molar-refractivity contribution in [1.29, 1.82) is 0 Å². The van der Waals surface area contributed by atoms with Gasteiger partial charge in [-0.05, 0) is 17.9 Å². The zero-order chi connectivity index (χ0) is 15.8. The van der Waals surface area contributed by atoms with E-state index in [9.17, 15) is 4.79 Å². The summed E-state index contributed by atoms with van der Waals surface area (Å²) in [7, 11) is 0. The van der Waals surface area contributed by atoms with E-state index in [1.807, 2.05) is 29.1 Å². The van der Waals surface area contributed by atoms with Crippen molar-refractivity contribution in [2.45, 2.75) is 12.5 Å². The molecule has 0 saturated carbocycles. The van der Waals surface area contributed by atoms with Gasteiger partial charge in [0.15, 0.2) is 0 Å². The lowest BCUT2D eigenvalue weighted by molar-refractivity contribution is 0.1000. The van der Waals surface area contributed by atoms with Crippen LogP contribution in [0.2, 0.25) is 0 Å². The largest absolute Gasteiger partial charge is 0.366 e. The summed E-state index contributed by atoms with van der Waals surface area (Å²) in [5.41, 5.74) is 5.74. The average Bonchev–Trinajstić information content (AvgIpc) is 3.23. The fourth-order valence-electron chi connectivity index (χ4n) is 3.17. The second-order valence-electron chi connectivity index (χ2n) is 5.82. The van der Waals surface area contributed by atoms with Crippen molar-refractivity contribution in [2.24, 2.45) is 5.73 Å². The van der Waals surface area contributed by atoms with E-state index in [2.05, 4.69) is 27.1 Å². The van der Waals surface area contributed by atoms with Crippen LogP contribution in [0.5, 0.6) is 0 Å². The van der Waals surface area contributed by atoms with Crippen molar-refractivity contribution < 1.29 is 4.79 Å². The lowest BCUT2D eigenvalue weighted by atomic mass is 10.1. The minimum Gasteiger partial charge on any atom is -0.366 e. The van der Waals surface area contributed by atoms with E-state index in [1.54, 1.807) is 6.20 Å². The molecule has 1 unspecified atom stereocenters. The standard InChI is InChI=1S/C17H17N5O/c18-16(23)13-9-20-22(10-13)14-6-8-21(11-14)17-15-4-2-1-3-12(15)5-7-19-17/h1-5,7,9-10,14H,6,8,11H2,(H2,18,23). The van der Waals surface area contributed by atoms with Crippen LogP contribution in [0, 0.1) is 0 Å². The quantitative estimate of drug-likeness (QED) is 0.802. The first-order chi connectivity index (χ1) is 11.2. The van der Waals surface area contributed by atoms with Crippen LogP contribution < -0.4 is 10.6 Å². The van der Waals surface area contributed by atoms with E-state index in [-0.39, 0.29) is 6.04 Å². The number of amides is 1. The minimum atomic E-state index is -0.443. The van der Waals surface area contributed by atoms with Gasteiger partial charge in [0.25, 0.3) is 5.91 Å². The van der Waals surface area contributed by atoms with E-state index in [0.717, 1.165) is 30.7 Å². The van der Waals surface area contributed by atoms with Crippen LogP contribution in [0.15, 0.2) is 48.9 Å². The van der Waals surface area contributed by atoms with Crippen molar-refractivity contribution in [3.8, 4) is 0 Å². The summed E-state index contributed by atoms with van der Waals surface area (Å²) in [5, 5.41) is 6.63. The van der Waals surface area contributed by atoms with Gasteiger partial charge in [0.2, 0.25) is 0 Å². The molecule has 0 radical (unpaired) electrons. The Labute approximate surface area is 133 Å². The highest BCUT2D eigenvalue weighted by molar-refractivity contribution is 5.92. The van der Waals surface area contributed by atoms with Gasteiger partial charge in [0.05, 0.1) is 17.8 Å². The van der Waals surface area contributed by atoms with Gasteiger partial charge in [0.1, 0.15) is 5.82 Å². The van der Waals surface area contributed by atoms with Gasteiger partial charge in [-0.1, -0.05) is 24.3 Å². The number of aromatic nitrogens is 3. The third kappa shape index (κ3) is 2.42. The minimum absolute atomic E-state index is 0.226. The van der Waals surface area contributed by atoms with E-state index < -0.39 is 5.91 Å². The Morgan fingerprint density at radius 1 is 1.26 bits per heavy atom. The summed E-state index contributed by atoms with van der Waals surface area (Å²) < 4.78 is 1.84. The van der Waals surface area contributed by atoms with Crippen LogP contribution >= 0.6 is 0 Å². The first-order valence-corrected chi connectivity index (χ1v) is 7.65. The first-order valence-electron chi connectivity index (χ1n) is 7.65. The monoisotopic (exact) mass is 307 g/mol. The van der Waals surface area contributed by atoms with Crippen LogP contribution in [-0.4, -0.2) is 33.8 Å².